The van der Waals surface area contributed by atoms with Gasteiger partial charge in [0.2, 0.25) is 10.0 Å². The van der Waals surface area contributed by atoms with Gasteiger partial charge in [0, 0.05) is 6.20 Å². The van der Waals surface area contributed by atoms with Crippen LogP contribution in [-0.2, 0) is 14.8 Å². The number of halogens is 2. The fourth-order valence-electron chi connectivity index (χ4n) is 2.78. The number of esters is 1. The number of aromatic nitrogens is 3. The quantitative estimate of drug-likeness (QED) is 0.590. The summed E-state index contributed by atoms with van der Waals surface area (Å²) in [7, 11) is -1.35. The van der Waals surface area contributed by atoms with Crippen molar-refractivity contribution in [1.82, 2.24) is 13.9 Å². The molecule has 148 valence electrons. The van der Waals surface area contributed by atoms with Gasteiger partial charge in [-0.1, -0.05) is 11.6 Å². The van der Waals surface area contributed by atoms with Gasteiger partial charge in [-0.05, 0) is 24.6 Å². The molecule has 0 amide bonds. The molecule has 0 atom stereocenters. The molecule has 28 heavy (non-hydrogen) atoms. The van der Waals surface area contributed by atoms with Crippen LogP contribution in [0.15, 0.2) is 18.3 Å². The molecule has 1 aromatic carbocycles. The van der Waals surface area contributed by atoms with E-state index in [4.69, 9.17) is 21.1 Å². The molecule has 3 aromatic rings. The molecule has 2 heterocycles. The molecular formula is C17H15ClFN3O5S. The minimum atomic E-state index is -3.75. The zero-order valence-corrected chi connectivity index (χ0v) is 16.9. The Morgan fingerprint density at radius 3 is 2.50 bits per heavy atom. The molecule has 11 heteroatoms. The molecule has 0 bridgehead atoms. The summed E-state index contributed by atoms with van der Waals surface area (Å²) in [6, 6.07) is 2.69. The Kier molecular flexibility index (Phi) is 5.02. The Bertz CT molecular complexity index is 1220. The highest BCUT2D eigenvalue weighted by atomic mass is 35.5. The van der Waals surface area contributed by atoms with Gasteiger partial charge in [-0.3, -0.25) is 0 Å². The van der Waals surface area contributed by atoms with Crippen molar-refractivity contribution in [3.05, 3.63) is 40.4 Å². The van der Waals surface area contributed by atoms with Crippen LogP contribution < -0.4 is 4.74 Å². The number of carbonyl (C=O) groups excluding carboxylic acids is 1. The fraction of sp³-hybridized carbons (Fsp3) is 0.235. The van der Waals surface area contributed by atoms with E-state index in [1.54, 1.807) is 6.92 Å². The first-order chi connectivity index (χ1) is 13.1. The van der Waals surface area contributed by atoms with Crippen LogP contribution in [0, 0.1) is 12.7 Å². The molecule has 3 rings (SSSR count). The third-order valence-corrected chi connectivity index (χ3v) is 5.32. The summed E-state index contributed by atoms with van der Waals surface area (Å²) in [5.41, 5.74) is 0.0724. The van der Waals surface area contributed by atoms with Crippen molar-refractivity contribution in [2.75, 3.05) is 20.5 Å². The Balaban J connectivity index is 2.45. The highest BCUT2D eigenvalue weighted by Gasteiger charge is 2.25. The SMILES string of the molecule is COC(=O)c1nc(-c2ccc(Cl)c(OC)c2F)nc2c1c(C)cn2S(C)(=O)=O. The minimum Gasteiger partial charge on any atom is -0.492 e. The summed E-state index contributed by atoms with van der Waals surface area (Å²) in [5.74, 6) is -2.11. The Hall–Kier alpha value is -2.72. The second-order valence-electron chi connectivity index (χ2n) is 5.90. The first-order valence-electron chi connectivity index (χ1n) is 7.81. The smallest absolute Gasteiger partial charge is 0.357 e. The number of ether oxygens (including phenoxy) is 2. The topological polar surface area (TPSA) is 100 Å². The van der Waals surface area contributed by atoms with Crippen LogP contribution >= 0.6 is 11.6 Å². The number of fused-ring (bicyclic) bond motifs is 1. The van der Waals surface area contributed by atoms with Crippen LogP contribution in [-0.4, -0.2) is 48.8 Å². The van der Waals surface area contributed by atoms with Gasteiger partial charge in [-0.2, -0.15) is 0 Å². The second-order valence-corrected chi connectivity index (χ2v) is 8.17. The summed E-state index contributed by atoms with van der Waals surface area (Å²) >= 11 is 5.91. The maximum Gasteiger partial charge on any atom is 0.357 e. The van der Waals surface area contributed by atoms with E-state index in [2.05, 4.69) is 9.97 Å². The summed E-state index contributed by atoms with van der Waals surface area (Å²) in [5, 5.41) is 0.232. The predicted octanol–water partition coefficient (Wildman–Crippen LogP) is 2.80. The molecule has 0 fully saturated rings. The lowest BCUT2D eigenvalue weighted by atomic mass is 10.1. The summed E-state index contributed by atoms with van der Waals surface area (Å²) in [4.78, 5) is 20.6. The van der Waals surface area contributed by atoms with Gasteiger partial charge in [0.25, 0.3) is 0 Å². The predicted molar refractivity (Wildman–Crippen MR) is 101 cm³/mol. The lowest BCUT2D eigenvalue weighted by Gasteiger charge is -2.11. The number of nitrogens with zero attached hydrogens (tertiary/aromatic N) is 3. The van der Waals surface area contributed by atoms with Gasteiger partial charge in [-0.15, -0.1) is 0 Å². The van der Waals surface area contributed by atoms with Gasteiger partial charge in [0.15, 0.2) is 28.7 Å². The highest BCUT2D eigenvalue weighted by Crippen LogP contribution is 2.35. The van der Waals surface area contributed by atoms with Crippen LogP contribution in [0.3, 0.4) is 0 Å². The standard InChI is InChI=1S/C17H15ClFN3O5S/c1-8-7-22(28(4,24)25)16-11(8)13(17(23)27-3)20-15(21-16)9-5-6-10(18)14(26-2)12(9)19/h5-7H,1-4H3. The maximum atomic E-state index is 14.8. The maximum absolute atomic E-state index is 14.8. The average Bonchev–Trinajstić information content (AvgIpc) is 2.98. The second kappa shape index (κ2) is 7.02. The van der Waals surface area contributed by atoms with Crippen molar-refractivity contribution in [3.63, 3.8) is 0 Å². The number of hydrogen-bond acceptors (Lipinski definition) is 7. The van der Waals surface area contributed by atoms with Crippen LogP contribution in [0.5, 0.6) is 5.75 Å². The molecular weight excluding hydrogens is 413 g/mol. The Morgan fingerprint density at radius 2 is 1.93 bits per heavy atom. The monoisotopic (exact) mass is 427 g/mol. The van der Waals surface area contributed by atoms with Gasteiger partial charge >= 0.3 is 5.97 Å². The molecule has 0 saturated carbocycles. The number of rotatable bonds is 4. The molecule has 0 spiro atoms. The van der Waals surface area contributed by atoms with E-state index < -0.39 is 21.8 Å². The third-order valence-electron chi connectivity index (χ3n) is 4.03. The Morgan fingerprint density at radius 1 is 1.25 bits per heavy atom. The minimum absolute atomic E-state index is 0.0355. The zero-order valence-electron chi connectivity index (χ0n) is 15.3. The van der Waals surface area contributed by atoms with Crippen molar-refractivity contribution in [1.29, 1.82) is 0 Å². The first kappa shape index (κ1) is 20.0. The molecule has 0 N–H and O–H groups in total. The Labute approximate surface area is 164 Å². The molecule has 0 radical (unpaired) electrons. The van der Waals surface area contributed by atoms with Crippen LogP contribution in [0.4, 0.5) is 4.39 Å². The van der Waals surface area contributed by atoms with E-state index >= 15 is 0 Å². The summed E-state index contributed by atoms with van der Waals surface area (Å²) in [6.07, 6.45) is 2.29. The van der Waals surface area contributed by atoms with Gasteiger partial charge in [-0.25, -0.2) is 31.5 Å². The number of hydrogen-bond donors (Lipinski definition) is 0. The highest BCUT2D eigenvalue weighted by molar-refractivity contribution is 7.89. The van der Waals surface area contributed by atoms with E-state index in [-0.39, 0.29) is 38.9 Å². The van der Waals surface area contributed by atoms with Gasteiger partial charge in [0.05, 0.1) is 36.4 Å². The molecule has 8 nitrogen and oxygen atoms in total. The fourth-order valence-corrected chi connectivity index (χ4v) is 3.80. The number of aryl methyl sites for hydroxylation is 1. The van der Waals surface area contributed by atoms with E-state index in [1.807, 2.05) is 0 Å². The van der Waals surface area contributed by atoms with Gasteiger partial charge < -0.3 is 9.47 Å². The van der Waals surface area contributed by atoms with Crippen molar-refractivity contribution in [2.45, 2.75) is 6.92 Å². The molecule has 0 aliphatic heterocycles. The summed E-state index contributed by atoms with van der Waals surface area (Å²) in [6.45, 7) is 1.60. The van der Waals surface area contributed by atoms with Crippen LogP contribution in [0.2, 0.25) is 5.02 Å². The number of methoxy groups -OCH3 is 2. The van der Waals surface area contributed by atoms with Crippen molar-refractivity contribution >= 4 is 38.6 Å². The van der Waals surface area contributed by atoms with Crippen molar-refractivity contribution in [2.24, 2.45) is 0 Å². The molecule has 0 saturated heterocycles. The third kappa shape index (κ3) is 3.18. The van der Waals surface area contributed by atoms with Crippen molar-refractivity contribution in [3.8, 4) is 17.1 Å². The number of benzene rings is 1. The van der Waals surface area contributed by atoms with Crippen LogP contribution in [0.25, 0.3) is 22.4 Å². The zero-order chi connectivity index (χ0) is 20.8. The van der Waals surface area contributed by atoms with E-state index in [1.165, 1.54) is 25.4 Å². The van der Waals surface area contributed by atoms with E-state index in [0.29, 0.717) is 5.56 Å². The summed E-state index contributed by atoms with van der Waals surface area (Å²) < 4.78 is 49.7. The average molecular weight is 428 g/mol. The largest absolute Gasteiger partial charge is 0.492 e. The number of carbonyl (C=O) groups is 1. The lowest BCUT2D eigenvalue weighted by Crippen LogP contribution is -2.12. The molecule has 2 aromatic heterocycles. The lowest BCUT2D eigenvalue weighted by molar-refractivity contribution is 0.0596. The van der Waals surface area contributed by atoms with E-state index in [9.17, 15) is 17.6 Å². The normalized spacial score (nSPS) is 11.6. The molecule has 0 aliphatic rings. The van der Waals surface area contributed by atoms with E-state index in [0.717, 1.165) is 17.3 Å². The van der Waals surface area contributed by atoms with Gasteiger partial charge in [0.1, 0.15) is 0 Å². The van der Waals surface area contributed by atoms with Crippen molar-refractivity contribution < 1.29 is 27.1 Å². The molecule has 0 unspecified atom stereocenters. The first-order valence-corrected chi connectivity index (χ1v) is 10.0. The van der Waals surface area contributed by atoms with Crippen LogP contribution in [0.1, 0.15) is 16.1 Å². The molecule has 0 aliphatic carbocycles.